The highest BCUT2D eigenvalue weighted by Crippen LogP contribution is 2.17. The van der Waals surface area contributed by atoms with Gasteiger partial charge in [0.15, 0.2) is 0 Å². The van der Waals surface area contributed by atoms with Gasteiger partial charge in [-0.1, -0.05) is 0 Å². The van der Waals surface area contributed by atoms with Gasteiger partial charge in [-0.2, -0.15) is 11.8 Å². The molecule has 0 aromatic heterocycles. The van der Waals surface area contributed by atoms with Crippen molar-refractivity contribution in [1.82, 2.24) is 0 Å². The smallest absolute Gasteiger partial charge is 0.0803 e. The van der Waals surface area contributed by atoms with Crippen LogP contribution in [-0.4, -0.2) is 17.6 Å². The molecule has 1 rings (SSSR count). The Bertz CT molecular complexity index is 63.4. The van der Waals surface area contributed by atoms with Crippen LogP contribution in [0.25, 0.3) is 0 Å². The molecule has 8 heavy (non-hydrogen) atoms. The van der Waals surface area contributed by atoms with Gasteiger partial charge in [-0.15, -0.1) is 0 Å². The quantitative estimate of drug-likeness (QED) is 0.537. The fourth-order valence-corrected chi connectivity index (χ4v) is 1.88. The summed E-state index contributed by atoms with van der Waals surface area (Å²) in [5.41, 5.74) is 0. The molecule has 0 aromatic carbocycles. The molecule has 1 aliphatic heterocycles. The molecule has 0 saturated carbocycles. The maximum absolute atomic E-state index is 4.99. The third kappa shape index (κ3) is 1.65. The summed E-state index contributed by atoms with van der Waals surface area (Å²) in [5.74, 6) is 7.41. The third-order valence-corrected chi connectivity index (χ3v) is 2.41. The average Bonchev–Trinajstić information content (AvgIpc) is 1.90. The highest BCUT2D eigenvalue weighted by molar-refractivity contribution is 7.99. The molecular formula is C5H11NOS. The zero-order chi connectivity index (χ0) is 5.82. The van der Waals surface area contributed by atoms with Crippen molar-refractivity contribution >= 4 is 11.8 Å². The number of nitrogens with two attached hydrogens (primary N) is 1. The summed E-state index contributed by atoms with van der Waals surface area (Å²) in [6.45, 7) is 0. The largest absolute Gasteiger partial charge is 0.301 e. The van der Waals surface area contributed by atoms with E-state index in [9.17, 15) is 0 Å². The first-order valence-electron chi connectivity index (χ1n) is 2.87. The summed E-state index contributed by atoms with van der Waals surface area (Å²) < 4.78 is 0. The molecule has 0 amide bonds. The Labute approximate surface area is 53.7 Å². The zero-order valence-electron chi connectivity index (χ0n) is 4.80. The van der Waals surface area contributed by atoms with Gasteiger partial charge in [0.1, 0.15) is 0 Å². The maximum atomic E-state index is 4.99. The van der Waals surface area contributed by atoms with Crippen LogP contribution >= 0.6 is 11.8 Å². The molecule has 2 nitrogen and oxygen atoms in total. The minimum atomic E-state index is 0.344. The van der Waals surface area contributed by atoms with Crippen molar-refractivity contribution in [3.63, 3.8) is 0 Å². The first-order valence-corrected chi connectivity index (χ1v) is 4.02. The van der Waals surface area contributed by atoms with Gasteiger partial charge in [-0.3, -0.25) is 0 Å². The first kappa shape index (κ1) is 6.39. The van der Waals surface area contributed by atoms with Gasteiger partial charge in [0.05, 0.1) is 6.10 Å². The van der Waals surface area contributed by atoms with Crippen LogP contribution in [0.1, 0.15) is 12.8 Å². The Hall–Kier alpha value is 0.270. The van der Waals surface area contributed by atoms with Crippen molar-refractivity contribution in [2.75, 3.05) is 11.5 Å². The Balaban J connectivity index is 2.13. The van der Waals surface area contributed by atoms with E-state index in [1.165, 1.54) is 11.5 Å². The molecule has 2 N–H and O–H groups in total. The van der Waals surface area contributed by atoms with Gasteiger partial charge in [0.2, 0.25) is 0 Å². The number of thioether (sulfide) groups is 1. The van der Waals surface area contributed by atoms with E-state index in [2.05, 4.69) is 4.84 Å². The van der Waals surface area contributed by atoms with E-state index in [4.69, 9.17) is 5.90 Å². The molecule has 1 saturated heterocycles. The standard InChI is InChI=1S/C5H11NOS/c6-7-5-1-3-8-4-2-5/h5H,1-4,6H2. The van der Waals surface area contributed by atoms with Crippen LogP contribution in [0, 0.1) is 0 Å². The van der Waals surface area contributed by atoms with Crippen LogP contribution in [0.5, 0.6) is 0 Å². The van der Waals surface area contributed by atoms with Crippen molar-refractivity contribution in [2.24, 2.45) is 5.90 Å². The van der Waals surface area contributed by atoms with Crippen LogP contribution in [0.2, 0.25) is 0 Å². The molecule has 3 heteroatoms. The third-order valence-electron chi connectivity index (χ3n) is 1.36. The average molecular weight is 133 g/mol. The van der Waals surface area contributed by atoms with Gasteiger partial charge >= 0.3 is 0 Å². The second kappa shape index (κ2) is 3.33. The van der Waals surface area contributed by atoms with Gasteiger partial charge in [-0.25, -0.2) is 5.90 Å². The number of rotatable bonds is 1. The zero-order valence-corrected chi connectivity index (χ0v) is 5.62. The summed E-state index contributed by atoms with van der Waals surface area (Å²) in [4.78, 5) is 4.68. The maximum Gasteiger partial charge on any atom is 0.0803 e. The predicted molar refractivity (Wildman–Crippen MR) is 35.6 cm³/mol. The summed E-state index contributed by atoms with van der Waals surface area (Å²) in [5, 5.41) is 0. The van der Waals surface area contributed by atoms with Crippen LogP contribution in [-0.2, 0) is 4.84 Å². The molecule has 48 valence electrons. The van der Waals surface area contributed by atoms with Gasteiger partial charge in [0, 0.05) is 0 Å². The lowest BCUT2D eigenvalue weighted by molar-refractivity contribution is 0.0481. The molecular weight excluding hydrogens is 122 g/mol. The molecule has 1 aliphatic rings. The fraction of sp³-hybridized carbons (Fsp3) is 1.00. The Morgan fingerprint density at radius 2 is 2.00 bits per heavy atom. The Morgan fingerprint density at radius 1 is 1.38 bits per heavy atom. The fourth-order valence-electron chi connectivity index (χ4n) is 0.812. The van der Waals surface area contributed by atoms with Crippen molar-refractivity contribution in [3.05, 3.63) is 0 Å². The van der Waals surface area contributed by atoms with Crippen LogP contribution < -0.4 is 5.90 Å². The number of hydrogen-bond acceptors (Lipinski definition) is 3. The first-order chi connectivity index (χ1) is 3.93. The normalized spacial score (nSPS) is 23.6. The van der Waals surface area contributed by atoms with E-state index in [1.807, 2.05) is 11.8 Å². The van der Waals surface area contributed by atoms with Crippen molar-refractivity contribution in [2.45, 2.75) is 18.9 Å². The minimum Gasteiger partial charge on any atom is -0.301 e. The molecule has 1 heterocycles. The Kier molecular flexibility index (Phi) is 2.66. The second-order valence-corrected chi connectivity index (χ2v) is 3.17. The molecule has 0 aliphatic carbocycles. The number of hydrogen-bond donors (Lipinski definition) is 1. The molecule has 0 bridgehead atoms. The van der Waals surface area contributed by atoms with E-state index in [1.54, 1.807) is 0 Å². The van der Waals surface area contributed by atoms with E-state index >= 15 is 0 Å². The lowest BCUT2D eigenvalue weighted by Gasteiger charge is -2.18. The van der Waals surface area contributed by atoms with Crippen molar-refractivity contribution in [1.29, 1.82) is 0 Å². The molecule has 0 unspecified atom stereocenters. The lowest BCUT2D eigenvalue weighted by Crippen LogP contribution is -2.22. The van der Waals surface area contributed by atoms with E-state index < -0.39 is 0 Å². The van der Waals surface area contributed by atoms with Crippen molar-refractivity contribution < 1.29 is 4.84 Å². The molecule has 0 radical (unpaired) electrons. The minimum absolute atomic E-state index is 0.344. The summed E-state index contributed by atoms with van der Waals surface area (Å²) >= 11 is 1.98. The monoisotopic (exact) mass is 133 g/mol. The van der Waals surface area contributed by atoms with Crippen molar-refractivity contribution in [3.8, 4) is 0 Å². The lowest BCUT2D eigenvalue weighted by atomic mass is 10.2. The van der Waals surface area contributed by atoms with Crippen LogP contribution in [0.3, 0.4) is 0 Å². The SMILES string of the molecule is NOC1CCSCC1. The van der Waals surface area contributed by atoms with Crippen LogP contribution in [0.15, 0.2) is 0 Å². The van der Waals surface area contributed by atoms with Crippen LogP contribution in [0.4, 0.5) is 0 Å². The summed E-state index contributed by atoms with van der Waals surface area (Å²) in [6, 6.07) is 0. The topological polar surface area (TPSA) is 35.2 Å². The molecule has 0 aromatic rings. The highest BCUT2D eigenvalue weighted by Gasteiger charge is 2.11. The van der Waals surface area contributed by atoms with Gasteiger partial charge in [0.25, 0.3) is 0 Å². The van der Waals surface area contributed by atoms with E-state index in [-0.39, 0.29) is 0 Å². The summed E-state index contributed by atoms with van der Waals surface area (Å²) in [7, 11) is 0. The van der Waals surface area contributed by atoms with E-state index in [0.717, 1.165) is 12.8 Å². The van der Waals surface area contributed by atoms with Gasteiger partial charge < -0.3 is 4.84 Å². The highest BCUT2D eigenvalue weighted by atomic mass is 32.2. The Morgan fingerprint density at radius 3 is 2.38 bits per heavy atom. The van der Waals surface area contributed by atoms with Gasteiger partial charge in [-0.05, 0) is 24.3 Å². The molecule has 0 spiro atoms. The second-order valence-electron chi connectivity index (χ2n) is 1.95. The van der Waals surface area contributed by atoms with E-state index in [0.29, 0.717) is 6.10 Å². The molecule has 1 fully saturated rings. The summed E-state index contributed by atoms with van der Waals surface area (Å²) in [6.07, 6.45) is 2.60. The predicted octanol–water partition coefficient (Wildman–Crippen LogP) is 0.772. The molecule has 0 atom stereocenters.